The lowest BCUT2D eigenvalue weighted by molar-refractivity contribution is 0.324. The molecule has 4 unspecified atom stereocenters. The summed E-state index contributed by atoms with van der Waals surface area (Å²) in [7, 11) is 1.69. The number of benzene rings is 1. The van der Waals surface area contributed by atoms with E-state index in [2.05, 4.69) is 24.4 Å². The SMILES string of the molecule is COc1cccc(Cl)c1CNC(C)C1CC2C=CC1C2. The second-order valence-electron chi connectivity index (χ2n) is 6.03. The van der Waals surface area contributed by atoms with Crippen LogP contribution < -0.4 is 10.1 Å². The maximum Gasteiger partial charge on any atom is 0.124 e. The molecule has 2 aliphatic rings. The van der Waals surface area contributed by atoms with Gasteiger partial charge in [-0.1, -0.05) is 29.8 Å². The molecular formula is C17H22ClNO. The fourth-order valence-electron chi connectivity index (χ4n) is 3.71. The highest BCUT2D eigenvalue weighted by atomic mass is 35.5. The first-order chi connectivity index (χ1) is 9.69. The smallest absolute Gasteiger partial charge is 0.124 e. The molecule has 0 spiro atoms. The van der Waals surface area contributed by atoms with Gasteiger partial charge in [0, 0.05) is 23.2 Å². The number of fused-ring (bicyclic) bond motifs is 2. The van der Waals surface area contributed by atoms with E-state index < -0.39 is 0 Å². The molecule has 0 heterocycles. The molecule has 4 atom stereocenters. The zero-order valence-electron chi connectivity index (χ0n) is 12.1. The lowest BCUT2D eigenvalue weighted by Crippen LogP contribution is -2.35. The molecule has 3 rings (SSSR count). The first-order valence-corrected chi connectivity index (χ1v) is 7.80. The van der Waals surface area contributed by atoms with Crippen LogP contribution >= 0.6 is 11.6 Å². The molecular weight excluding hydrogens is 270 g/mol. The largest absolute Gasteiger partial charge is 0.496 e. The summed E-state index contributed by atoms with van der Waals surface area (Å²) in [5.74, 6) is 3.23. The highest BCUT2D eigenvalue weighted by molar-refractivity contribution is 6.31. The van der Waals surface area contributed by atoms with Crippen LogP contribution in [0.4, 0.5) is 0 Å². The van der Waals surface area contributed by atoms with Crippen molar-refractivity contribution in [2.24, 2.45) is 17.8 Å². The van der Waals surface area contributed by atoms with E-state index in [0.29, 0.717) is 6.04 Å². The molecule has 0 aromatic heterocycles. The number of halogens is 1. The first-order valence-electron chi connectivity index (χ1n) is 7.42. The van der Waals surface area contributed by atoms with Gasteiger partial charge >= 0.3 is 0 Å². The van der Waals surface area contributed by atoms with Gasteiger partial charge in [-0.2, -0.15) is 0 Å². The Balaban J connectivity index is 1.63. The van der Waals surface area contributed by atoms with E-state index in [9.17, 15) is 0 Å². The highest BCUT2D eigenvalue weighted by Crippen LogP contribution is 2.44. The number of methoxy groups -OCH3 is 1. The lowest BCUT2D eigenvalue weighted by Gasteiger charge is -2.26. The maximum absolute atomic E-state index is 6.28. The molecule has 1 fully saturated rings. The Hall–Kier alpha value is -0.990. The average Bonchev–Trinajstić information content (AvgIpc) is 3.08. The molecule has 3 heteroatoms. The quantitative estimate of drug-likeness (QED) is 0.827. The molecule has 0 aliphatic heterocycles. The predicted octanol–water partition coefficient (Wildman–Crippen LogP) is 4.04. The van der Waals surface area contributed by atoms with Gasteiger partial charge in [-0.25, -0.2) is 0 Å². The van der Waals surface area contributed by atoms with E-state index >= 15 is 0 Å². The molecule has 108 valence electrons. The van der Waals surface area contributed by atoms with Gasteiger partial charge in [0.25, 0.3) is 0 Å². The van der Waals surface area contributed by atoms with Crippen molar-refractivity contribution in [2.45, 2.75) is 32.4 Å². The van der Waals surface area contributed by atoms with Gasteiger partial charge in [-0.3, -0.25) is 0 Å². The summed E-state index contributed by atoms with van der Waals surface area (Å²) < 4.78 is 5.40. The van der Waals surface area contributed by atoms with Gasteiger partial charge in [0.05, 0.1) is 7.11 Å². The number of hydrogen-bond acceptors (Lipinski definition) is 2. The minimum atomic E-state index is 0.510. The Labute approximate surface area is 126 Å². The highest BCUT2D eigenvalue weighted by Gasteiger charge is 2.38. The van der Waals surface area contributed by atoms with Crippen molar-refractivity contribution in [3.05, 3.63) is 40.9 Å². The van der Waals surface area contributed by atoms with E-state index in [-0.39, 0.29) is 0 Å². The number of rotatable bonds is 5. The minimum absolute atomic E-state index is 0.510. The van der Waals surface area contributed by atoms with Crippen LogP contribution in [0.1, 0.15) is 25.3 Å². The fourth-order valence-corrected chi connectivity index (χ4v) is 3.95. The molecule has 0 radical (unpaired) electrons. The van der Waals surface area contributed by atoms with E-state index in [4.69, 9.17) is 16.3 Å². The molecule has 1 aromatic carbocycles. The number of allylic oxidation sites excluding steroid dienone is 2. The predicted molar refractivity (Wildman–Crippen MR) is 83.1 cm³/mol. The molecule has 2 bridgehead atoms. The van der Waals surface area contributed by atoms with Crippen LogP contribution in [0.2, 0.25) is 5.02 Å². The molecule has 0 saturated heterocycles. The summed E-state index contributed by atoms with van der Waals surface area (Å²) in [6.07, 6.45) is 7.49. The van der Waals surface area contributed by atoms with Gasteiger partial charge in [0.1, 0.15) is 5.75 Å². The van der Waals surface area contributed by atoms with E-state index in [1.54, 1.807) is 7.11 Å². The Bertz CT molecular complexity index is 514. The number of hydrogen-bond donors (Lipinski definition) is 1. The van der Waals surface area contributed by atoms with Crippen molar-refractivity contribution in [3.63, 3.8) is 0 Å². The summed E-state index contributed by atoms with van der Waals surface area (Å²) in [6, 6.07) is 6.32. The van der Waals surface area contributed by atoms with E-state index in [0.717, 1.165) is 40.6 Å². The van der Waals surface area contributed by atoms with Crippen molar-refractivity contribution in [3.8, 4) is 5.75 Å². The van der Waals surface area contributed by atoms with E-state index in [1.165, 1.54) is 12.8 Å². The number of nitrogens with one attached hydrogen (secondary N) is 1. The summed E-state index contributed by atoms with van der Waals surface area (Å²) in [4.78, 5) is 0. The third kappa shape index (κ3) is 2.59. The second kappa shape index (κ2) is 5.79. The topological polar surface area (TPSA) is 21.3 Å². The van der Waals surface area contributed by atoms with E-state index in [1.807, 2.05) is 18.2 Å². The summed E-state index contributed by atoms with van der Waals surface area (Å²) in [6.45, 7) is 3.06. The normalized spacial score (nSPS) is 28.9. The first kappa shape index (κ1) is 14.0. The monoisotopic (exact) mass is 291 g/mol. The summed E-state index contributed by atoms with van der Waals surface area (Å²) in [5.41, 5.74) is 1.06. The number of ether oxygens (including phenoxy) is 1. The van der Waals surface area contributed by atoms with Gasteiger partial charge < -0.3 is 10.1 Å². The second-order valence-corrected chi connectivity index (χ2v) is 6.44. The Morgan fingerprint density at radius 3 is 2.85 bits per heavy atom. The zero-order chi connectivity index (χ0) is 14.1. The zero-order valence-corrected chi connectivity index (χ0v) is 12.9. The van der Waals surface area contributed by atoms with Crippen LogP contribution in [0.5, 0.6) is 5.75 Å². The maximum atomic E-state index is 6.28. The van der Waals surface area contributed by atoms with Gasteiger partial charge in [0.15, 0.2) is 0 Å². The van der Waals surface area contributed by atoms with Crippen molar-refractivity contribution in [2.75, 3.05) is 7.11 Å². The standard InChI is InChI=1S/C17H22ClNO/c1-11(14-9-12-6-7-13(14)8-12)19-10-15-16(18)4-3-5-17(15)20-2/h3-7,11-14,19H,8-10H2,1-2H3. The lowest BCUT2D eigenvalue weighted by atomic mass is 9.87. The molecule has 1 N–H and O–H groups in total. The third-order valence-corrected chi connectivity index (χ3v) is 5.22. The molecule has 1 saturated carbocycles. The van der Waals surface area contributed by atoms with Crippen molar-refractivity contribution >= 4 is 11.6 Å². The van der Waals surface area contributed by atoms with Crippen LogP contribution in [0, 0.1) is 17.8 Å². The molecule has 2 nitrogen and oxygen atoms in total. The summed E-state index contributed by atoms with van der Waals surface area (Å²) in [5, 5.41) is 4.42. The van der Waals surface area contributed by atoms with Crippen LogP contribution in [0.25, 0.3) is 0 Å². The van der Waals surface area contributed by atoms with Crippen molar-refractivity contribution in [1.29, 1.82) is 0 Å². The Kier molecular flexibility index (Phi) is 4.04. The Morgan fingerprint density at radius 2 is 2.20 bits per heavy atom. The summed E-state index contributed by atoms with van der Waals surface area (Å²) >= 11 is 6.28. The van der Waals surface area contributed by atoms with Crippen LogP contribution in [-0.2, 0) is 6.54 Å². The Morgan fingerprint density at radius 1 is 1.35 bits per heavy atom. The van der Waals surface area contributed by atoms with Crippen LogP contribution in [0.15, 0.2) is 30.4 Å². The van der Waals surface area contributed by atoms with Gasteiger partial charge in [0.2, 0.25) is 0 Å². The van der Waals surface area contributed by atoms with Crippen LogP contribution in [0.3, 0.4) is 0 Å². The van der Waals surface area contributed by atoms with Crippen molar-refractivity contribution in [1.82, 2.24) is 5.32 Å². The fraction of sp³-hybridized carbons (Fsp3) is 0.529. The molecule has 0 amide bonds. The molecule has 2 aliphatic carbocycles. The van der Waals surface area contributed by atoms with Gasteiger partial charge in [-0.05, 0) is 49.7 Å². The minimum Gasteiger partial charge on any atom is -0.496 e. The van der Waals surface area contributed by atoms with Crippen LogP contribution in [-0.4, -0.2) is 13.2 Å². The third-order valence-electron chi connectivity index (χ3n) is 4.87. The van der Waals surface area contributed by atoms with Crippen molar-refractivity contribution < 1.29 is 4.74 Å². The van der Waals surface area contributed by atoms with Gasteiger partial charge in [-0.15, -0.1) is 0 Å². The molecule has 1 aromatic rings. The molecule has 20 heavy (non-hydrogen) atoms. The average molecular weight is 292 g/mol.